The Labute approximate surface area is 220 Å². The third-order valence-electron chi connectivity index (χ3n) is 5.34. The molecular formula is C25H24Cl2N4O4S. The van der Waals surface area contributed by atoms with Crippen LogP contribution in [0.15, 0.2) is 60.6 Å². The second-order valence-corrected chi connectivity index (χ2v) is 10.5. The summed E-state index contributed by atoms with van der Waals surface area (Å²) in [4.78, 5) is 8.02. The Hall–Kier alpha value is -3.32. The summed E-state index contributed by atoms with van der Waals surface area (Å²) in [7, 11) is -3.70. The lowest BCUT2D eigenvalue weighted by molar-refractivity contribution is 0.301. The summed E-state index contributed by atoms with van der Waals surface area (Å²) in [5.74, 6) is 1.15. The number of hydrogen-bond acceptors (Lipinski definition) is 7. The molecule has 1 aromatic heterocycles. The summed E-state index contributed by atoms with van der Waals surface area (Å²) in [6.07, 6.45) is 1.44. The van der Waals surface area contributed by atoms with Crippen molar-refractivity contribution in [2.45, 2.75) is 25.9 Å². The molecule has 36 heavy (non-hydrogen) atoms. The SMILES string of the molecule is C=CS(=O)(=O)Nc1nccc(COc2ccc(C(C)(C)c3cc(Cl)c(OCCCl)c(C#N)c3)cc2)n1. The second kappa shape index (κ2) is 11.6. The van der Waals surface area contributed by atoms with Crippen LogP contribution < -0.4 is 14.2 Å². The Balaban J connectivity index is 1.75. The molecule has 3 aromatic rings. The Kier molecular flexibility index (Phi) is 8.79. The van der Waals surface area contributed by atoms with E-state index in [0.29, 0.717) is 27.8 Å². The molecule has 1 heterocycles. The van der Waals surface area contributed by atoms with Gasteiger partial charge in [0.05, 0.1) is 22.2 Å². The molecule has 3 rings (SSSR count). The Morgan fingerprint density at radius 2 is 1.89 bits per heavy atom. The molecule has 1 N–H and O–H groups in total. The van der Waals surface area contributed by atoms with Gasteiger partial charge < -0.3 is 9.47 Å². The van der Waals surface area contributed by atoms with Crippen molar-refractivity contribution in [3.63, 3.8) is 0 Å². The van der Waals surface area contributed by atoms with Crippen molar-refractivity contribution in [3.8, 4) is 17.6 Å². The van der Waals surface area contributed by atoms with Gasteiger partial charge in [-0.1, -0.05) is 44.2 Å². The van der Waals surface area contributed by atoms with Crippen LogP contribution >= 0.6 is 23.2 Å². The summed E-state index contributed by atoms with van der Waals surface area (Å²) < 4.78 is 36.8. The van der Waals surface area contributed by atoms with Gasteiger partial charge in [-0.15, -0.1) is 11.6 Å². The standard InChI is InChI=1S/C25H24Cl2N4O4S/c1-4-36(32,33)31-24-29-11-9-20(30-24)16-35-21-7-5-18(6-8-21)25(2,3)19-13-17(15-28)23(22(27)14-19)34-12-10-26/h4-9,11,13-14H,1,10,12,16H2,2-3H3,(H,29,30,31). The number of rotatable bonds is 11. The van der Waals surface area contributed by atoms with Crippen molar-refractivity contribution >= 4 is 39.2 Å². The van der Waals surface area contributed by atoms with Crippen LogP contribution in [-0.4, -0.2) is 30.9 Å². The smallest absolute Gasteiger partial charge is 0.256 e. The maximum absolute atomic E-state index is 11.6. The summed E-state index contributed by atoms with van der Waals surface area (Å²) >= 11 is 12.1. The van der Waals surface area contributed by atoms with E-state index in [9.17, 15) is 13.7 Å². The average molecular weight is 547 g/mol. The minimum atomic E-state index is -3.70. The first-order valence-electron chi connectivity index (χ1n) is 10.7. The number of halogens is 2. The largest absolute Gasteiger partial charge is 0.489 e. The number of nitriles is 1. The Bertz CT molecular complexity index is 1390. The van der Waals surface area contributed by atoms with Crippen molar-refractivity contribution in [1.82, 2.24) is 9.97 Å². The predicted octanol–water partition coefficient (Wildman–Crippen LogP) is 5.41. The van der Waals surface area contributed by atoms with E-state index in [1.54, 1.807) is 18.2 Å². The molecule has 8 nitrogen and oxygen atoms in total. The van der Waals surface area contributed by atoms with Gasteiger partial charge in [-0.3, -0.25) is 0 Å². The quantitative estimate of drug-likeness (QED) is 0.319. The minimum absolute atomic E-state index is 0.0671. The number of sulfonamides is 1. The zero-order chi connectivity index (χ0) is 26.3. The number of alkyl halides is 1. The van der Waals surface area contributed by atoms with Crippen LogP contribution in [0.25, 0.3) is 0 Å². The lowest BCUT2D eigenvalue weighted by atomic mass is 9.77. The van der Waals surface area contributed by atoms with E-state index in [4.69, 9.17) is 32.7 Å². The maximum Gasteiger partial charge on any atom is 0.256 e. The van der Waals surface area contributed by atoms with E-state index in [-0.39, 0.29) is 25.0 Å². The van der Waals surface area contributed by atoms with Crippen molar-refractivity contribution in [1.29, 1.82) is 5.26 Å². The van der Waals surface area contributed by atoms with Gasteiger partial charge >= 0.3 is 0 Å². The van der Waals surface area contributed by atoms with E-state index in [0.717, 1.165) is 16.5 Å². The number of nitrogens with zero attached hydrogens (tertiary/aromatic N) is 3. The molecule has 0 spiro atoms. The third kappa shape index (κ3) is 6.66. The Morgan fingerprint density at radius 3 is 2.53 bits per heavy atom. The van der Waals surface area contributed by atoms with Crippen molar-refractivity contribution < 1.29 is 17.9 Å². The zero-order valence-electron chi connectivity index (χ0n) is 19.7. The van der Waals surface area contributed by atoms with Gasteiger partial charge in [-0.2, -0.15) is 5.26 Å². The number of ether oxygens (including phenoxy) is 2. The van der Waals surface area contributed by atoms with Crippen LogP contribution in [-0.2, 0) is 22.0 Å². The highest BCUT2D eigenvalue weighted by molar-refractivity contribution is 7.95. The molecule has 0 amide bonds. The number of nitrogens with one attached hydrogen (secondary N) is 1. The number of aromatic nitrogens is 2. The van der Waals surface area contributed by atoms with Crippen LogP contribution in [0.4, 0.5) is 5.95 Å². The van der Waals surface area contributed by atoms with Crippen LogP contribution in [0.2, 0.25) is 5.02 Å². The molecule has 0 aliphatic carbocycles. The van der Waals surface area contributed by atoms with E-state index in [1.807, 2.05) is 38.1 Å². The third-order valence-corrected chi connectivity index (χ3v) is 6.68. The zero-order valence-corrected chi connectivity index (χ0v) is 22.0. The lowest BCUT2D eigenvalue weighted by Gasteiger charge is -2.27. The second-order valence-electron chi connectivity index (χ2n) is 8.11. The van der Waals surface area contributed by atoms with Gasteiger partial charge in [0.15, 0.2) is 5.75 Å². The summed E-state index contributed by atoms with van der Waals surface area (Å²) in [5, 5.41) is 10.7. The van der Waals surface area contributed by atoms with Gasteiger partial charge in [-0.05, 0) is 41.5 Å². The first-order valence-corrected chi connectivity index (χ1v) is 13.2. The molecular weight excluding hydrogens is 523 g/mol. The number of hydrogen-bond donors (Lipinski definition) is 1. The minimum Gasteiger partial charge on any atom is -0.489 e. The van der Waals surface area contributed by atoms with Crippen molar-refractivity contribution in [3.05, 3.63) is 88.1 Å². The van der Waals surface area contributed by atoms with Gasteiger partial charge in [-0.25, -0.2) is 23.1 Å². The molecule has 0 saturated heterocycles. The van der Waals surface area contributed by atoms with Crippen LogP contribution in [0.5, 0.6) is 11.5 Å². The average Bonchev–Trinajstić information content (AvgIpc) is 2.86. The van der Waals surface area contributed by atoms with Gasteiger partial charge in [0.2, 0.25) is 5.95 Å². The molecule has 11 heteroatoms. The first-order chi connectivity index (χ1) is 17.1. The molecule has 0 radical (unpaired) electrons. The lowest BCUT2D eigenvalue weighted by Crippen LogP contribution is -2.19. The van der Waals surface area contributed by atoms with Crippen molar-refractivity contribution in [2.75, 3.05) is 17.2 Å². The highest BCUT2D eigenvalue weighted by atomic mass is 35.5. The normalized spacial score (nSPS) is 11.4. The molecule has 0 saturated carbocycles. The predicted molar refractivity (Wildman–Crippen MR) is 140 cm³/mol. The van der Waals surface area contributed by atoms with E-state index in [2.05, 4.69) is 27.3 Å². The molecule has 0 aliphatic heterocycles. The fraction of sp³-hybridized carbons (Fsp3) is 0.240. The van der Waals surface area contributed by atoms with E-state index >= 15 is 0 Å². The summed E-state index contributed by atoms with van der Waals surface area (Å²) in [6, 6.07) is 14.8. The maximum atomic E-state index is 11.6. The highest BCUT2D eigenvalue weighted by Gasteiger charge is 2.26. The molecule has 0 aliphatic rings. The monoisotopic (exact) mass is 546 g/mol. The van der Waals surface area contributed by atoms with Crippen LogP contribution in [0.3, 0.4) is 0 Å². The number of benzene rings is 2. The highest BCUT2D eigenvalue weighted by Crippen LogP contribution is 2.38. The summed E-state index contributed by atoms with van der Waals surface area (Å²) in [5.41, 5.74) is 2.20. The molecule has 188 valence electrons. The molecule has 0 unspecified atom stereocenters. The van der Waals surface area contributed by atoms with Gasteiger partial charge in [0.1, 0.15) is 25.0 Å². The number of anilines is 1. The molecule has 0 atom stereocenters. The fourth-order valence-electron chi connectivity index (χ4n) is 3.31. The Morgan fingerprint density at radius 1 is 1.17 bits per heavy atom. The summed E-state index contributed by atoms with van der Waals surface area (Å²) in [6.45, 7) is 7.66. The molecule has 0 fully saturated rings. The fourth-order valence-corrected chi connectivity index (χ4v) is 4.10. The van der Waals surface area contributed by atoms with E-state index in [1.165, 1.54) is 6.20 Å². The first kappa shape index (κ1) is 27.3. The van der Waals surface area contributed by atoms with Crippen LogP contribution in [0, 0.1) is 11.3 Å². The molecule has 2 aromatic carbocycles. The molecule has 0 bridgehead atoms. The van der Waals surface area contributed by atoms with Crippen molar-refractivity contribution in [2.24, 2.45) is 0 Å². The van der Waals surface area contributed by atoms with Crippen LogP contribution in [0.1, 0.15) is 36.2 Å². The van der Waals surface area contributed by atoms with Gasteiger partial charge in [0, 0.05) is 17.0 Å². The van der Waals surface area contributed by atoms with E-state index < -0.39 is 15.4 Å². The topological polar surface area (TPSA) is 114 Å². The van der Waals surface area contributed by atoms with Gasteiger partial charge in [0.25, 0.3) is 10.0 Å².